The zero-order valence-electron chi connectivity index (χ0n) is 16.9. The molecule has 1 unspecified atom stereocenters. The van der Waals surface area contributed by atoms with Gasteiger partial charge in [-0.25, -0.2) is 0 Å². The lowest BCUT2D eigenvalue weighted by molar-refractivity contribution is -0.129. The van der Waals surface area contributed by atoms with E-state index in [1.165, 1.54) is 12.8 Å². The van der Waals surface area contributed by atoms with Gasteiger partial charge in [0.2, 0.25) is 5.91 Å². The highest BCUT2D eigenvalue weighted by atomic mass is 16.3. The first-order chi connectivity index (χ1) is 13.5. The summed E-state index contributed by atoms with van der Waals surface area (Å²) in [5, 5.41) is 9.15. The number of aryl methyl sites for hydroxylation is 2. The van der Waals surface area contributed by atoms with Crippen LogP contribution in [0.25, 0.3) is 11.0 Å². The normalized spacial score (nSPS) is 17.2. The summed E-state index contributed by atoms with van der Waals surface area (Å²) < 4.78 is 7.53. The van der Waals surface area contributed by atoms with Crippen molar-refractivity contribution in [2.24, 2.45) is 7.05 Å². The predicted octanol–water partition coefficient (Wildman–Crippen LogP) is 3.14. The van der Waals surface area contributed by atoms with Crippen molar-refractivity contribution in [2.75, 3.05) is 20.1 Å². The van der Waals surface area contributed by atoms with Crippen molar-refractivity contribution in [1.82, 2.24) is 20.0 Å². The molecule has 1 aromatic carbocycles. The molecule has 1 N–H and O–H groups in total. The Labute approximate surface area is 165 Å². The Morgan fingerprint density at radius 3 is 3.04 bits per heavy atom. The fourth-order valence-electron chi connectivity index (χ4n) is 3.94. The molecule has 3 heterocycles. The lowest BCUT2D eigenvalue weighted by Crippen LogP contribution is -2.28. The van der Waals surface area contributed by atoms with Crippen LogP contribution in [0, 0.1) is 6.92 Å². The van der Waals surface area contributed by atoms with Crippen LogP contribution in [0.15, 0.2) is 34.9 Å². The predicted molar refractivity (Wildman–Crippen MR) is 109 cm³/mol. The number of amides is 1. The molecule has 2 aromatic heterocycles. The number of benzene rings is 1. The van der Waals surface area contributed by atoms with Gasteiger partial charge < -0.3 is 14.6 Å². The summed E-state index contributed by atoms with van der Waals surface area (Å²) in [4.78, 5) is 14.6. The molecule has 6 heteroatoms. The number of hydrogen-bond acceptors (Lipinski definition) is 4. The minimum absolute atomic E-state index is 0.0744. The topological polar surface area (TPSA) is 63.3 Å². The Kier molecular flexibility index (Phi) is 5.22. The third kappa shape index (κ3) is 3.83. The first-order valence-electron chi connectivity index (χ1n) is 9.95. The van der Waals surface area contributed by atoms with E-state index >= 15 is 0 Å². The van der Waals surface area contributed by atoms with Crippen LogP contribution in [0.1, 0.15) is 41.3 Å². The number of piperidine rings is 1. The maximum atomic E-state index is 12.8. The van der Waals surface area contributed by atoms with Gasteiger partial charge in [0, 0.05) is 37.5 Å². The number of hydrogen-bond donors (Lipinski definition) is 1. The molecule has 0 aliphatic carbocycles. The number of nitrogens with zero attached hydrogens (tertiary/aromatic N) is 3. The van der Waals surface area contributed by atoms with Crippen molar-refractivity contribution < 1.29 is 9.21 Å². The summed E-state index contributed by atoms with van der Waals surface area (Å²) in [5.41, 5.74) is 5.11. The zero-order valence-corrected chi connectivity index (χ0v) is 16.9. The second-order valence-corrected chi connectivity index (χ2v) is 7.91. The summed E-state index contributed by atoms with van der Waals surface area (Å²) in [5.74, 6) is 0.542. The van der Waals surface area contributed by atoms with Crippen LogP contribution in [0.4, 0.5) is 0 Å². The van der Waals surface area contributed by atoms with Gasteiger partial charge in [-0.05, 0) is 44.0 Å². The van der Waals surface area contributed by atoms with Crippen molar-refractivity contribution in [2.45, 2.75) is 38.6 Å². The molecular weight excluding hydrogens is 352 g/mol. The van der Waals surface area contributed by atoms with E-state index < -0.39 is 0 Å². The first kappa shape index (κ1) is 18.7. The third-order valence-electron chi connectivity index (χ3n) is 5.69. The Balaban J connectivity index is 1.43. The van der Waals surface area contributed by atoms with E-state index in [1.807, 2.05) is 43.9 Å². The molecular formula is C22H28N4O2. The summed E-state index contributed by atoms with van der Waals surface area (Å²) in [6, 6.07) is 8.23. The van der Waals surface area contributed by atoms with Gasteiger partial charge in [-0.1, -0.05) is 12.1 Å². The number of carbonyl (C=O) groups excluding carboxylic acids is 1. The maximum absolute atomic E-state index is 12.8. The molecule has 0 saturated carbocycles. The Hall–Kier alpha value is -2.60. The SMILES string of the molecule is Cc1ccc2c(CC(=O)N(C)Cc3cc(C4CCCNC4)nn3C)coc2c1. The second kappa shape index (κ2) is 7.80. The zero-order chi connectivity index (χ0) is 19.7. The average Bonchev–Trinajstić information content (AvgIpc) is 3.25. The lowest BCUT2D eigenvalue weighted by Gasteiger charge is -2.20. The van der Waals surface area contributed by atoms with E-state index in [1.54, 1.807) is 11.2 Å². The van der Waals surface area contributed by atoms with Gasteiger partial charge in [0.25, 0.3) is 0 Å². The fourth-order valence-corrected chi connectivity index (χ4v) is 3.94. The number of likely N-dealkylation sites (N-methyl/N-ethyl adjacent to an activating group) is 1. The van der Waals surface area contributed by atoms with Gasteiger partial charge in [0.15, 0.2) is 0 Å². The van der Waals surface area contributed by atoms with Crippen molar-refractivity contribution in [1.29, 1.82) is 0 Å². The Morgan fingerprint density at radius 2 is 2.25 bits per heavy atom. The quantitative estimate of drug-likeness (QED) is 0.739. The average molecular weight is 380 g/mol. The van der Waals surface area contributed by atoms with Crippen molar-refractivity contribution >= 4 is 16.9 Å². The van der Waals surface area contributed by atoms with Crippen molar-refractivity contribution in [3.8, 4) is 0 Å². The van der Waals surface area contributed by atoms with E-state index in [9.17, 15) is 4.79 Å². The number of carbonyl (C=O) groups is 1. The van der Waals surface area contributed by atoms with E-state index in [4.69, 9.17) is 9.52 Å². The summed E-state index contributed by atoms with van der Waals surface area (Å²) in [7, 11) is 3.81. The molecule has 1 amide bonds. The molecule has 0 spiro atoms. The van der Waals surface area contributed by atoms with E-state index in [2.05, 4.69) is 11.4 Å². The van der Waals surface area contributed by atoms with Crippen LogP contribution < -0.4 is 5.32 Å². The lowest BCUT2D eigenvalue weighted by atomic mass is 9.96. The number of rotatable bonds is 5. The van der Waals surface area contributed by atoms with Gasteiger partial charge in [-0.3, -0.25) is 9.48 Å². The van der Waals surface area contributed by atoms with Gasteiger partial charge in [-0.2, -0.15) is 5.10 Å². The molecule has 6 nitrogen and oxygen atoms in total. The third-order valence-corrected chi connectivity index (χ3v) is 5.69. The molecule has 0 radical (unpaired) electrons. The largest absolute Gasteiger partial charge is 0.464 e. The van der Waals surface area contributed by atoms with Crippen LogP contribution in [0.3, 0.4) is 0 Å². The highest BCUT2D eigenvalue weighted by Crippen LogP contribution is 2.24. The van der Waals surface area contributed by atoms with E-state index in [0.29, 0.717) is 18.9 Å². The molecule has 28 heavy (non-hydrogen) atoms. The van der Waals surface area contributed by atoms with Crippen molar-refractivity contribution in [3.05, 3.63) is 53.0 Å². The smallest absolute Gasteiger partial charge is 0.227 e. The minimum atomic E-state index is 0.0744. The molecule has 1 aliphatic rings. The van der Waals surface area contributed by atoms with Crippen LogP contribution in [0.2, 0.25) is 0 Å². The summed E-state index contributed by atoms with van der Waals surface area (Å²) in [6.45, 7) is 4.66. The first-order valence-corrected chi connectivity index (χ1v) is 9.95. The van der Waals surface area contributed by atoms with Crippen LogP contribution in [0.5, 0.6) is 0 Å². The Bertz CT molecular complexity index is 982. The maximum Gasteiger partial charge on any atom is 0.227 e. The second-order valence-electron chi connectivity index (χ2n) is 7.91. The minimum Gasteiger partial charge on any atom is -0.464 e. The Morgan fingerprint density at radius 1 is 1.39 bits per heavy atom. The monoisotopic (exact) mass is 380 g/mol. The number of fused-ring (bicyclic) bond motifs is 1. The summed E-state index contributed by atoms with van der Waals surface area (Å²) >= 11 is 0. The molecule has 1 aliphatic heterocycles. The molecule has 1 saturated heterocycles. The molecule has 148 valence electrons. The van der Waals surface area contributed by atoms with Crippen LogP contribution in [-0.2, 0) is 24.8 Å². The molecule has 0 bridgehead atoms. The van der Waals surface area contributed by atoms with Gasteiger partial charge in [0.05, 0.1) is 30.6 Å². The fraction of sp³-hybridized carbons (Fsp3) is 0.455. The van der Waals surface area contributed by atoms with Gasteiger partial charge >= 0.3 is 0 Å². The van der Waals surface area contributed by atoms with E-state index in [-0.39, 0.29) is 5.91 Å². The summed E-state index contributed by atoms with van der Waals surface area (Å²) in [6.07, 6.45) is 4.40. The standard InChI is InChI=1S/C22H28N4O2/c1-15-6-7-19-17(14-28-21(19)9-15)10-22(27)25(2)13-18-11-20(24-26(18)3)16-5-4-8-23-12-16/h6-7,9,11,14,16,23H,4-5,8,10,12-13H2,1-3H3. The van der Waals surface area contributed by atoms with Crippen LogP contribution in [-0.4, -0.2) is 40.7 Å². The van der Waals surface area contributed by atoms with Gasteiger partial charge in [0.1, 0.15) is 5.58 Å². The number of furan rings is 1. The van der Waals surface area contributed by atoms with Crippen molar-refractivity contribution in [3.63, 3.8) is 0 Å². The molecule has 3 aromatic rings. The highest BCUT2D eigenvalue weighted by molar-refractivity contribution is 5.87. The molecule has 4 rings (SSSR count). The molecule has 1 fully saturated rings. The van der Waals surface area contributed by atoms with Gasteiger partial charge in [-0.15, -0.1) is 0 Å². The van der Waals surface area contributed by atoms with Crippen LogP contribution >= 0.6 is 0 Å². The highest BCUT2D eigenvalue weighted by Gasteiger charge is 2.21. The van der Waals surface area contributed by atoms with E-state index in [0.717, 1.165) is 46.6 Å². The number of nitrogens with one attached hydrogen (secondary N) is 1. The molecule has 1 atom stereocenters. The number of aromatic nitrogens is 2.